The molecule has 3 N–H and O–H groups in total. The van der Waals surface area contributed by atoms with Crippen molar-refractivity contribution in [2.24, 2.45) is 11.7 Å². The summed E-state index contributed by atoms with van der Waals surface area (Å²) in [6, 6.07) is 11.2. The number of pyridine rings is 1. The number of aromatic hydroxyl groups is 1. The Balaban J connectivity index is 2.16. The lowest BCUT2D eigenvalue weighted by Gasteiger charge is -2.30. The number of aromatic nitrogens is 1. The number of benzene rings is 1. The average Bonchev–Trinajstić information content (AvgIpc) is 2.60. The van der Waals surface area contributed by atoms with Gasteiger partial charge in [-0.3, -0.25) is 9.78 Å². The second-order valence-corrected chi connectivity index (χ2v) is 6.80. The molecule has 134 valence electrons. The standard InChI is InChI=1S/C20H27N3O2/c1-14(16-8-10-22-11-9-16)19(20(21)25)13-17(23(2)3)12-15-4-6-18(24)7-5-15/h4-11,14,17,19,24H,12-13H2,1-3H3,(H2,21,25)/t14?,17-,19?/m1/s1. The fraction of sp³-hybridized carbons (Fsp3) is 0.400. The van der Waals surface area contributed by atoms with Gasteiger partial charge in [0.2, 0.25) is 5.91 Å². The lowest BCUT2D eigenvalue weighted by Crippen LogP contribution is -2.38. The van der Waals surface area contributed by atoms with Gasteiger partial charge in [0.15, 0.2) is 0 Å². The van der Waals surface area contributed by atoms with Crippen LogP contribution in [-0.2, 0) is 11.2 Å². The lowest BCUT2D eigenvalue weighted by atomic mass is 9.82. The number of amides is 1. The van der Waals surface area contributed by atoms with E-state index >= 15 is 0 Å². The third kappa shape index (κ3) is 5.29. The molecule has 25 heavy (non-hydrogen) atoms. The Morgan fingerprint density at radius 3 is 2.28 bits per heavy atom. The highest BCUT2D eigenvalue weighted by Gasteiger charge is 2.28. The lowest BCUT2D eigenvalue weighted by molar-refractivity contribution is -0.123. The molecule has 5 nitrogen and oxygen atoms in total. The van der Waals surface area contributed by atoms with Crippen LogP contribution in [0.3, 0.4) is 0 Å². The fourth-order valence-corrected chi connectivity index (χ4v) is 3.14. The zero-order valence-electron chi connectivity index (χ0n) is 15.1. The molecule has 0 fully saturated rings. The first-order valence-corrected chi connectivity index (χ1v) is 8.52. The van der Waals surface area contributed by atoms with Crippen LogP contribution in [0.2, 0.25) is 0 Å². The average molecular weight is 341 g/mol. The number of phenolic OH excluding ortho intramolecular Hbond substituents is 1. The number of nitrogens with two attached hydrogens (primary N) is 1. The highest BCUT2D eigenvalue weighted by molar-refractivity contribution is 5.77. The number of hydrogen-bond donors (Lipinski definition) is 2. The molecule has 0 saturated heterocycles. The maximum atomic E-state index is 12.1. The van der Waals surface area contributed by atoms with E-state index in [9.17, 15) is 9.90 Å². The van der Waals surface area contributed by atoms with Crippen molar-refractivity contribution in [2.75, 3.05) is 14.1 Å². The van der Waals surface area contributed by atoms with Crippen molar-refractivity contribution in [3.8, 4) is 5.75 Å². The summed E-state index contributed by atoms with van der Waals surface area (Å²) in [5.41, 5.74) is 7.92. The molecular weight excluding hydrogens is 314 g/mol. The summed E-state index contributed by atoms with van der Waals surface area (Å²) in [6.07, 6.45) is 4.94. The van der Waals surface area contributed by atoms with Crippen LogP contribution in [-0.4, -0.2) is 41.0 Å². The Morgan fingerprint density at radius 2 is 1.76 bits per heavy atom. The number of phenols is 1. The molecule has 1 heterocycles. The number of primary amides is 1. The van der Waals surface area contributed by atoms with E-state index in [1.54, 1.807) is 24.5 Å². The summed E-state index contributed by atoms with van der Waals surface area (Å²) < 4.78 is 0. The Hall–Kier alpha value is -2.40. The molecule has 0 saturated carbocycles. The minimum atomic E-state index is -0.276. The maximum absolute atomic E-state index is 12.1. The van der Waals surface area contributed by atoms with E-state index in [2.05, 4.69) is 9.88 Å². The van der Waals surface area contributed by atoms with E-state index in [0.29, 0.717) is 6.42 Å². The van der Waals surface area contributed by atoms with Crippen molar-refractivity contribution < 1.29 is 9.90 Å². The number of carbonyl (C=O) groups excluding carboxylic acids is 1. The van der Waals surface area contributed by atoms with E-state index in [4.69, 9.17) is 5.73 Å². The monoisotopic (exact) mass is 341 g/mol. The first-order chi connectivity index (χ1) is 11.9. The summed E-state index contributed by atoms with van der Waals surface area (Å²) in [6.45, 7) is 2.04. The van der Waals surface area contributed by atoms with Crippen LogP contribution in [0.4, 0.5) is 0 Å². The SMILES string of the molecule is CC(c1ccncc1)C(C[C@@H](Cc1ccc(O)cc1)N(C)C)C(N)=O. The van der Waals surface area contributed by atoms with E-state index < -0.39 is 0 Å². The Kier molecular flexibility index (Phi) is 6.53. The fourth-order valence-electron chi connectivity index (χ4n) is 3.14. The van der Waals surface area contributed by atoms with Gasteiger partial charge in [-0.05, 0) is 68.2 Å². The smallest absolute Gasteiger partial charge is 0.221 e. The van der Waals surface area contributed by atoms with Gasteiger partial charge in [0, 0.05) is 24.4 Å². The first-order valence-electron chi connectivity index (χ1n) is 8.52. The molecule has 1 aromatic carbocycles. The molecule has 0 radical (unpaired) electrons. The number of likely N-dealkylation sites (N-methyl/N-ethyl adjacent to an activating group) is 1. The van der Waals surface area contributed by atoms with E-state index in [-0.39, 0.29) is 29.5 Å². The van der Waals surface area contributed by atoms with Crippen molar-refractivity contribution in [3.63, 3.8) is 0 Å². The number of hydrogen-bond acceptors (Lipinski definition) is 4. The van der Waals surface area contributed by atoms with Crippen LogP contribution >= 0.6 is 0 Å². The van der Waals surface area contributed by atoms with Gasteiger partial charge >= 0.3 is 0 Å². The molecule has 2 aromatic rings. The van der Waals surface area contributed by atoms with E-state index in [1.807, 2.05) is 45.3 Å². The highest BCUT2D eigenvalue weighted by Crippen LogP contribution is 2.29. The largest absolute Gasteiger partial charge is 0.508 e. The Morgan fingerprint density at radius 1 is 1.16 bits per heavy atom. The zero-order valence-corrected chi connectivity index (χ0v) is 15.1. The quantitative estimate of drug-likeness (QED) is 0.773. The van der Waals surface area contributed by atoms with Crippen LogP contribution in [0.1, 0.15) is 30.4 Å². The van der Waals surface area contributed by atoms with Crippen LogP contribution in [0, 0.1) is 5.92 Å². The van der Waals surface area contributed by atoms with Gasteiger partial charge in [0.05, 0.1) is 0 Å². The second-order valence-electron chi connectivity index (χ2n) is 6.80. The van der Waals surface area contributed by atoms with Crippen LogP contribution in [0.25, 0.3) is 0 Å². The zero-order chi connectivity index (χ0) is 18.4. The molecule has 0 bridgehead atoms. The van der Waals surface area contributed by atoms with E-state index in [1.165, 1.54) is 0 Å². The first kappa shape index (κ1) is 18.9. The molecule has 2 rings (SSSR count). The topological polar surface area (TPSA) is 79.5 Å². The molecule has 1 amide bonds. The minimum Gasteiger partial charge on any atom is -0.508 e. The van der Waals surface area contributed by atoms with Gasteiger partial charge in [-0.2, -0.15) is 0 Å². The molecule has 5 heteroatoms. The highest BCUT2D eigenvalue weighted by atomic mass is 16.3. The third-order valence-electron chi connectivity index (χ3n) is 4.86. The van der Waals surface area contributed by atoms with Gasteiger partial charge < -0.3 is 15.7 Å². The normalized spacial score (nSPS) is 14.9. The van der Waals surface area contributed by atoms with Crippen LogP contribution < -0.4 is 5.73 Å². The van der Waals surface area contributed by atoms with Gasteiger partial charge in [0.25, 0.3) is 0 Å². The van der Waals surface area contributed by atoms with Crippen molar-refractivity contribution in [1.82, 2.24) is 9.88 Å². The molecule has 1 aromatic heterocycles. The second kappa shape index (κ2) is 8.62. The predicted octanol–water partition coefficient (Wildman–Crippen LogP) is 2.56. The Labute approximate surface area is 149 Å². The molecule has 0 spiro atoms. The van der Waals surface area contributed by atoms with Crippen molar-refractivity contribution in [1.29, 1.82) is 0 Å². The van der Waals surface area contributed by atoms with Crippen molar-refractivity contribution >= 4 is 5.91 Å². The van der Waals surface area contributed by atoms with Crippen molar-refractivity contribution in [3.05, 3.63) is 59.9 Å². The molecule has 0 aliphatic heterocycles. The predicted molar refractivity (Wildman–Crippen MR) is 99.2 cm³/mol. The van der Waals surface area contributed by atoms with Crippen LogP contribution in [0.5, 0.6) is 5.75 Å². The van der Waals surface area contributed by atoms with Gasteiger partial charge in [-0.1, -0.05) is 19.1 Å². The third-order valence-corrected chi connectivity index (χ3v) is 4.86. The van der Waals surface area contributed by atoms with Gasteiger partial charge in [-0.15, -0.1) is 0 Å². The molecule has 2 unspecified atom stereocenters. The van der Waals surface area contributed by atoms with Gasteiger partial charge in [0.1, 0.15) is 5.75 Å². The number of rotatable bonds is 8. The molecule has 3 atom stereocenters. The van der Waals surface area contributed by atoms with Crippen LogP contribution in [0.15, 0.2) is 48.8 Å². The summed E-state index contributed by atoms with van der Waals surface area (Å²) in [5, 5.41) is 9.44. The summed E-state index contributed by atoms with van der Waals surface area (Å²) >= 11 is 0. The van der Waals surface area contributed by atoms with E-state index in [0.717, 1.165) is 17.5 Å². The van der Waals surface area contributed by atoms with Gasteiger partial charge in [-0.25, -0.2) is 0 Å². The number of nitrogens with zero attached hydrogens (tertiary/aromatic N) is 2. The Bertz CT molecular complexity index is 671. The number of carbonyl (C=O) groups is 1. The van der Waals surface area contributed by atoms with Crippen molar-refractivity contribution in [2.45, 2.75) is 31.7 Å². The summed E-state index contributed by atoms with van der Waals surface area (Å²) in [7, 11) is 4.03. The molecule has 0 aliphatic carbocycles. The summed E-state index contributed by atoms with van der Waals surface area (Å²) in [5.74, 6) is -0.247. The minimum absolute atomic E-state index is 0.0303. The molecular formula is C20H27N3O2. The molecule has 0 aliphatic rings. The summed E-state index contributed by atoms with van der Waals surface area (Å²) in [4.78, 5) is 18.3. The maximum Gasteiger partial charge on any atom is 0.221 e.